The molecule has 5 aromatic carbocycles. The molecule has 8 nitrogen and oxygen atoms in total. The minimum absolute atomic E-state index is 0. The molecule has 0 fully saturated rings. The van der Waals surface area contributed by atoms with E-state index < -0.39 is 23.9 Å². The summed E-state index contributed by atoms with van der Waals surface area (Å²) in [6, 6.07) is 11.4. The molecule has 5 rings (SSSR count). The van der Waals surface area contributed by atoms with Gasteiger partial charge in [0, 0.05) is 129 Å². The van der Waals surface area contributed by atoms with Crippen molar-refractivity contribution >= 4 is 185 Å². The van der Waals surface area contributed by atoms with Gasteiger partial charge in [-0.1, -0.05) is 24.3 Å². The summed E-state index contributed by atoms with van der Waals surface area (Å²) in [6.07, 6.45) is 0. The van der Waals surface area contributed by atoms with Crippen molar-refractivity contribution in [1.82, 2.24) is 0 Å². The number of hydrogen-bond donors (Lipinski definition) is 4. The van der Waals surface area contributed by atoms with Crippen molar-refractivity contribution in [2.45, 2.75) is 0 Å². The van der Waals surface area contributed by atoms with Crippen molar-refractivity contribution in [2.24, 2.45) is 0 Å². The van der Waals surface area contributed by atoms with E-state index in [1.54, 1.807) is 0 Å². The van der Waals surface area contributed by atoms with E-state index in [0.717, 1.165) is 0 Å². The van der Waals surface area contributed by atoms with Crippen molar-refractivity contribution in [3.8, 4) is 0 Å². The zero-order valence-corrected chi connectivity index (χ0v) is 28.0. The molecule has 0 saturated heterocycles. The molecule has 0 aromatic heterocycles. The Labute approximate surface area is 291 Å². The van der Waals surface area contributed by atoms with E-state index in [1.165, 1.54) is 48.5 Å². The Morgan fingerprint density at radius 3 is 0.722 bits per heavy atom. The van der Waals surface area contributed by atoms with Crippen LogP contribution in [0.3, 0.4) is 0 Å². The second-order valence-corrected chi connectivity index (χ2v) is 7.36. The Kier molecular flexibility index (Phi) is 11.5. The van der Waals surface area contributed by atoms with Crippen molar-refractivity contribution in [3.63, 3.8) is 0 Å². The number of benzene rings is 5. The van der Waals surface area contributed by atoms with Gasteiger partial charge in [-0.25, -0.2) is 19.2 Å². The normalized spacial score (nSPS) is 10.2. The van der Waals surface area contributed by atoms with Crippen LogP contribution in [0.15, 0.2) is 48.5 Å². The predicted octanol–water partition coefficient (Wildman–Crippen LogP) is 3.01. The first kappa shape index (κ1) is 33.3. The minimum Gasteiger partial charge on any atom is -0.478 e. The third kappa shape index (κ3) is 5.00. The Bertz CT molecular complexity index is 1460. The summed E-state index contributed by atoms with van der Waals surface area (Å²) in [6.45, 7) is 0. The van der Waals surface area contributed by atoms with Crippen molar-refractivity contribution in [3.05, 3.63) is 70.8 Å². The van der Waals surface area contributed by atoms with Crippen LogP contribution in [0.1, 0.15) is 41.4 Å². The molecule has 12 heteroatoms. The molecular formula is C24H12Na4O8. The Hall–Kier alpha value is -0.720. The minimum atomic E-state index is -1.28. The summed E-state index contributed by atoms with van der Waals surface area (Å²) in [5, 5.41) is 41.7. The van der Waals surface area contributed by atoms with Crippen molar-refractivity contribution in [2.75, 3.05) is 0 Å². The molecule has 0 aliphatic carbocycles. The fourth-order valence-electron chi connectivity index (χ4n) is 4.60. The maximum atomic E-state index is 11.9. The Morgan fingerprint density at radius 1 is 0.361 bits per heavy atom. The number of carboxylic acids is 4. The van der Waals surface area contributed by atoms with Gasteiger partial charge in [0.1, 0.15) is 0 Å². The molecule has 0 aliphatic heterocycles. The van der Waals surface area contributed by atoms with E-state index >= 15 is 0 Å². The summed E-state index contributed by atoms with van der Waals surface area (Å²) < 4.78 is 0. The third-order valence-electron chi connectivity index (χ3n) is 5.82. The molecule has 0 bridgehead atoms. The van der Waals surface area contributed by atoms with Gasteiger partial charge in [0.15, 0.2) is 0 Å². The van der Waals surface area contributed by atoms with Crippen LogP contribution in [0.5, 0.6) is 0 Å². The predicted molar refractivity (Wildman–Crippen MR) is 139 cm³/mol. The number of hydrogen-bond acceptors (Lipinski definition) is 4. The molecule has 0 unspecified atom stereocenters. The monoisotopic (exact) mass is 520 g/mol. The van der Waals surface area contributed by atoms with Gasteiger partial charge in [-0.05, 0) is 56.6 Å². The summed E-state index contributed by atoms with van der Waals surface area (Å²) in [4.78, 5) is 47.5. The summed E-state index contributed by atoms with van der Waals surface area (Å²) in [7, 11) is 0. The second-order valence-electron chi connectivity index (χ2n) is 7.36. The smallest absolute Gasteiger partial charge is 0.336 e. The molecule has 160 valence electrons. The molecule has 4 radical (unpaired) electrons. The fraction of sp³-hybridized carbons (Fsp3) is 0. The average molecular weight is 520 g/mol. The van der Waals surface area contributed by atoms with Gasteiger partial charge >= 0.3 is 23.9 Å². The van der Waals surface area contributed by atoms with Crippen LogP contribution in [-0.4, -0.2) is 163 Å². The van der Waals surface area contributed by atoms with Crippen LogP contribution in [0.25, 0.3) is 43.1 Å². The van der Waals surface area contributed by atoms with Gasteiger partial charge in [0.2, 0.25) is 0 Å². The SMILES string of the molecule is O=C(O)c1ccc2c3ccc(C(=O)O)c4c(C(=O)O)ccc(c5ccc(C(=O)O)c1c25)c43.[Na].[Na].[Na].[Na]. The van der Waals surface area contributed by atoms with E-state index in [1.807, 2.05) is 0 Å². The molecule has 0 atom stereocenters. The molecule has 0 heterocycles. The largest absolute Gasteiger partial charge is 0.478 e. The first-order valence-corrected chi connectivity index (χ1v) is 9.35. The number of carboxylic acid groups (broad SMARTS) is 4. The standard InChI is InChI=1S/C24H12O8.4Na/c25-21(26)13-5-1-9-10-2-6-15(23(29)30)20-16(24(31)32)8-4-12(18(10)20)11-3-7-14(22(27)28)19(13)17(9)11;;;;/h1-8H,(H,25,26)(H,27,28)(H,29,30)(H,31,32);;;;. The number of rotatable bonds is 4. The fourth-order valence-corrected chi connectivity index (χ4v) is 4.60. The third-order valence-corrected chi connectivity index (χ3v) is 5.82. The summed E-state index contributed by atoms with van der Waals surface area (Å²) >= 11 is 0. The van der Waals surface area contributed by atoms with Crippen LogP contribution in [-0.2, 0) is 0 Å². The van der Waals surface area contributed by atoms with Gasteiger partial charge in [-0.15, -0.1) is 0 Å². The van der Waals surface area contributed by atoms with E-state index in [-0.39, 0.29) is 151 Å². The van der Waals surface area contributed by atoms with Gasteiger partial charge in [-0.2, -0.15) is 0 Å². The van der Waals surface area contributed by atoms with Crippen LogP contribution in [0.4, 0.5) is 0 Å². The molecule has 0 saturated carbocycles. The van der Waals surface area contributed by atoms with E-state index in [9.17, 15) is 39.6 Å². The Balaban J connectivity index is 0.00000162. The van der Waals surface area contributed by atoms with Crippen LogP contribution < -0.4 is 0 Å². The average Bonchev–Trinajstić information content (AvgIpc) is 2.75. The van der Waals surface area contributed by atoms with E-state index in [2.05, 4.69) is 0 Å². The molecule has 4 N–H and O–H groups in total. The molecule has 0 spiro atoms. The quantitative estimate of drug-likeness (QED) is 0.161. The van der Waals surface area contributed by atoms with Gasteiger partial charge in [-0.3, -0.25) is 0 Å². The number of fused-ring (bicyclic) bond motifs is 2. The zero-order chi connectivity index (χ0) is 22.9. The molecule has 5 aromatic rings. The first-order valence-electron chi connectivity index (χ1n) is 9.35. The van der Waals surface area contributed by atoms with Crippen molar-refractivity contribution in [1.29, 1.82) is 0 Å². The maximum absolute atomic E-state index is 11.9. The second kappa shape index (κ2) is 12.4. The summed E-state index contributed by atoms with van der Waals surface area (Å²) in [5.74, 6) is -5.13. The maximum Gasteiger partial charge on any atom is 0.336 e. The van der Waals surface area contributed by atoms with Crippen molar-refractivity contribution < 1.29 is 39.6 Å². The molecule has 0 aliphatic rings. The Morgan fingerprint density at radius 2 is 0.556 bits per heavy atom. The van der Waals surface area contributed by atoms with Crippen LogP contribution in [0.2, 0.25) is 0 Å². The van der Waals surface area contributed by atoms with Gasteiger partial charge in [0.05, 0.1) is 22.3 Å². The topological polar surface area (TPSA) is 149 Å². The van der Waals surface area contributed by atoms with Crippen LogP contribution >= 0.6 is 0 Å². The zero-order valence-electron chi connectivity index (χ0n) is 20.0. The summed E-state index contributed by atoms with van der Waals surface area (Å²) in [5.41, 5.74) is -0.696. The molecule has 36 heavy (non-hydrogen) atoms. The van der Waals surface area contributed by atoms with Gasteiger partial charge in [0.25, 0.3) is 0 Å². The molecule has 0 amide bonds. The molecular weight excluding hydrogens is 508 g/mol. The van der Waals surface area contributed by atoms with Gasteiger partial charge < -0.3 is 20.4 Å². The van der Waals surface area contributed by atoms with Crippen LogP contribution in [0, 0.1) is 0 Å². The number of carbonyl (C=O) groups is 4. The first-order chi connectivity index (χ1) is 15.2. The van der Waals surface area contributed by atoms with E-state index in [0.29, 0.717) is 32.3 Å². The number of aromatic carboxylic acids is 4. The van der Waals surface area contributed by atoms with E-state index in [4.69, 9.17) is 0 Å².